The molecule has 2 saturated heterocycles. The Kier molecular flexibility index (Phi) is 2.45. The largest absolute Gasteiger partial charge is 0.380 e. The van der Waals surface area contributed by atoms with Crippen molar-refractivity contribution in [2.24, 2.45) is 16.7 Å². The van der Waals surface area contributed by atoms with E-state index in [-0.39, 0.29) is 10.8 Å². The van der Waals surface area contributed by atoms with Crippen molar-refractivity contribution < 1.29 is 9.47 Å². The third-order valence-corrected chi connectivity index (χ3v) is 4.97. The van der Waals surface area contributed by atoms with Crippen LogP contribution in [0.1, 0.15) is 32.1 Å². The van der Waals surface area contributed by atoms with Crippen molar-refractivity contribution in [2.45, 2.75) is 32.1 Å². The first-order chi connectivity index (χ1) is 7.83. The van der Waals surface area contributed by atoms with E-state index in [2.05, 4.69) is 6.07 Å². The predicted molar refractivity (Wildman–Crippen MR) is 58.7 cm³/mol. The van der Waals surface area contributed by atoms with Crippen LogP contribution in [0.15, 0.2) is 0 Å². The summed E-state index contributed by atoms with van der Waals surface area (Å²) >= 11 is 0. The molecule has 0 spiro atoms. The Morgan fingerprint density at radius 1 is 0.938 bits per heavy atom. The molecular formula is C13H19NO2. The van der Waals surface area contributed by atoms with Gasteiger partial charge in [-0.3, -0.25) is 0 Å². The van der Waals surface area contributed by atoms with Gasteiger partial charge in [-0.1, -0.05) is 19.3 Å². The third kappa shape index (κ3) is 1.20. The van der Waals surface area contributed by atoms with E-state index in [1.54, 1.807) is 0 Å². The van der Waals surface area contributed by atoms with Crippen LogP contribution in [-0.4, -0.2) is 26.4 Å². The van der Waals surface area contributed by atoms with Crippen LogP contribution in [0.2, 0.25) is 0 Å². The minimum atomic E-state index is -0.229. The van der Waals surface area contributed by atoms with E-state index in [1.165, 1.54) is 32.1 Å². The number of ether oxygens (including phenoxy) is 2. The topological polar surface area (TPSA) is 42.2 Å². The molecule has 0 atom stereocenters. The number of hydrogen-bond donors (Lipinski definition) is 0. The summed E-state index contributed by atoms with van der Waals surface area (Å²) in [7, 11) is 0. The van der Waals surface area contributed by atoms with Gasteiger partial charge in [-0.25, -0.2) is 0 Å². The average molecular weight is 221 g/mol. The van der Waals surface area contributed by atoms with E-state index >= 15 is 0 Å². The highest BCUT2D eigenvalue weighted by Gasteiger charge is 2.63. The first-order valence-corrected chi connectivity index (χ1v) is 6.40. The Hall–Kier alpha value is -0.590. The van der Waals surface area contributed by atoms with Crippen LogP contribution < -0.4 is 0 Å². The van der Waals surface area contributed by atoms with Gasteiger partial charge in [0.25, 0.3) is 0 Å². The monoisotopic (exact) mass is 221 g/mol. The van der Waals surface area contributed by atoms with Gasteiger partial charge in [-0.2, -0.15) is 5.26 Å². The number of rotatable bonds is 2. The van der Waals surface area contributed by atoms with Crippen molar-refractivity contribution in [3.8, 4) is 6.07 Å². The molecule has 0 amide bonds. The highest BCUT2D eigenvalue weighted by atomic mass is 16.5. The zero-order valence-corrected chi connectivity index (χ0v) is 9.71. The Morgan fingerprint density at radius 3 is 1.94 bits per heavy atom. The fourth-order valence-electron chi connectivity index (χ4n) is 3.65. The second kappa shape index (κ2) is 3.72. The maximum atomic E-state index is 9.48. The second-order valence-electron chi connectivity index (χ2n) is 5.67. The maximum Gasteiger partial charge on any atom is 0.114 e. The fourth-order valence-corrected chi connectivity index (χ4v) is 3.65. The lowest BCUT2D eigenvalue weighted by molar-refractivity contribution is -0.268. The molecule has 0 aromatic heterocycles. The van der Waals surface area contributed by atoms with Crippen molar-refractivity contribution in [1.29, 1.82) is 5.26 Å². The SMILES string of the molecule is N#CC1(C2(C3CCCCC3)COC2)COC1. The average Bonchev–Trinajstić information content (AvgIpc) is 2.22. The summed E-state index contributed by atoms with van der Waals surface area (Å²) in [6.45, 7) is 2.83. The molecule has 2 heterocycles. The van der Waals surface area contributed by atoms with E-state index in [9.17, 15) is 5.26 Å². The Labute approximate surface area is 96.7 Å². The van der Waals surface area contributed by atoms with Gasteiger partial charge in [-0.15, -0.1) is 0 Å². The molecule has 1 saturated carbocycles. The van der Waals surface area contributed by atoms with Gasteiger partial charge in [0.15, 0.2) is 0 Å². The van der Waals surface area contributed by atoms with Crippen molar-refractivity contribution in [3.63, 3.8) is 0 Å². The molecule has 3 heteroatoms. The lowest BCUT2D eigenvalue weighted by Crippen LogP contribution is -2.66. The molecule has 0 radical (unpaired) electrons. The van der Waals surface area contributed by atoms with Crippen LogP contribution in [0.5, 0.6) is 0 Å². The molecule has 0 unspecified atom stereocenters. The summed E-state index contributed by atoms with van der Waals surface area (Å²) in [5.41, 5.74) is -0.103. The summed E-state index contributed by atoms with van der Waals surface area (Å²) in [5, 5.41) is 9.48. The fraction of sp³-hybridized carbons (Fsp3) is 0.923. The molecule has 0 bridgehead atoms. The Morgan fingerprint density at radius 2 is 1.56 bits per heavy atom. The molecule has 3 fully saturated rings. The van der Waals surface area contributed by atoms with Crippen LogP contribution in [-0.2, 0) is 9.47 Å². The lowest BCUT2D eigenvalue weighted by Gasteiger charge is -2.59. The summed E-state index contributed by atoms with van der Waals surface area (Å²) in [6.07, 6.45) is 6.59. The van der Waals surface area contributed by atoms with Gasteiger partial charge >= 0.3 is 0 Å². The summed E-state index contributed by atoms with van der Waals surface area (Å²) in [4.78, 5) is 0. The van der Waals surface area contributed by atoms with Gasteiger partial charge in [0.1, 0.15) is 5.41 Å². The first kappa shape index (κ1) is 10.6. The molecule has 0 aromatic carbocycles. The Bertz CT molecular complexity index is 306. The van der Waals surface area contributed by atoms with Gasteiger partial charge in [0.05, 0.1) is 32.5 Å². The maximum absolute atomic E-state index is 9.48. The van der Waals surface area contributed by atoms with Crippen LogP contribution >= 0.6 is 0 Å². The molecule has 3 nitrogen and oxygen atoms in total. The molecular weight excluding hydrogens is 202 g/mol. The van der Waals surface area contributed by atoms with Gasteiger partial charge in [-0.05, 0) is 18.8 Å². The lowest BCUT2D eigenvalue weighted by atomic mass is 9.53. The predicted octanol–water partition coefficient (Wildman–Crippen LogP) is 2.12. The molecule has 0 N–H and O–H groups in total. The van der Waals surface area contributed by atoms with E-state index in [0.29, 0.717) is 19.1 Å². The summed E-state index contributed by atoms with van der Waals surface area (Å²) in [5.74, 6) is 0.693. The third-order valence-electron chi connectivity index (χ3n) is 4.97. The van der Waals surface area contributed by atoms with Crippen LogP contribution in [0.3, 0.4) is 0 Å². The molecule has 88 valence electrons. The Balaban J connectivity index is 1.84. The minimum Gasteiger partial charge on any atom is -0.380 e. The van der Waals surface area contributed by atoms with Crippen molar-refractivity contribution in [1.82, 2.24) is 0 Å². The number of nitrogens with zero attached hydrogens (tertiary/aromatic N) is 1. The summed E-state index contributed by atoms with van der Waals surface area (Å²) in [6, 6.07) is 2.55. The van der Waals surface area contributed by atoms with E-state index in [0.717, 1.165) is 13.2 Å². The van der Waals surface area contributed by atoms with Crippen LogP contribution in [0.25, 0.3) is 0 Å². The zero-order chi connectivity index (χ0) is 11.1. The van der Waals surface area contributed by atoms with Crippen molar-refractivity contribution in [3.05, 3.63) is 0 Å². The standard InChI is InChI=1S/C13H19NO2/c14-6-12(7-15-8-12)13(9-16-10-13)11-4-2-1-3-5-11/h11H,1-5,7-10H2. The number of hydrogen-bond acceptors (Lipinski definition) is 3. The smallest absolute Gasteiger partial charge is 0.114 e. The zero-order valence-electron chi connectivity index (χ0n) is 9.71. The van der Waals surface area contributed by atoms with E-state index < -0.39 is 0 Å². The quantitative estimate of drug-likeness (QED) is 0.717. The summed E-state index contributed by atoms with van der Waals surface area (Å²) < 4.78 is 10.8. The number of nitriles is 1. The van der Waals surface area contributed by atoms with Gasteiger partial charge in [0.2, 0.25) is 0 Å². The molecule has 0 aromatic rings. The van der Waals surface area contributed by atoms with Gasteiger partial charge in [0, 0.05) is 5.41 Å². The van der Waals surface area contributed by atoms with Gasteiger partial charge < -0.3 is 9.47 Å². The minimum absolute atomic E-state index is 0.125. The van der Waals surface area contributed by atoms with Crippen molar-refractivity contribution in [2.75, 3.05) is 26.4 Å². The van der Waals surface area contributed by atoms with Crippen molar-refractivity contribution >= 4 is 0 Å². The van der Waals surface area contributed by atoms with E-state index in [4.69, 9.17) is 9.47 Å². The van der Waals surface area contributed by atoms with Crippen LogP contribution in [0.4, 0.5) is 0 Å². The van der Waals surface area contributed by atoms with Crippen LogP contribution in [0, 0.1) is 28.1 Å². The molecule has 16 heavy (non-hydrogen) atoms. The highest BCUT2D eigenvalue weighted by molar-refractivity contribution is 5.18. The molecule has 3 aliphatic rings. The normalized spacial score (nSPS) is 32.2. The molecule has 2 aliphatic heterocycles. The van der Waals surface area contributed by atoms with E-state index in [1.807, 2.05) is 0 Å². The first-order valence-electron chi connectivity index (χ1n) is 6.40. The molecule has 3 rings (SSSR count). The second-order valence-corrected chi connectivity index (χ2v) is 5.67. The molecule has 1 aliphatic carbocycles. The highest BCUT2D eigenvalue weighted by Crippen LogP contribution is 2.57.